The van der Waals surface area contributed by atoms with Gasteiger partial charge in [0, 0.05) is 54.3 Å². The second-order valence-electron chi connectivity index (χ2n) is 9.11. The van der Waals surface area contributed by atoms with E-state index >= 15 is 0 Å². The van der Waals surface area contributed by atoms with Crippen LogP contribution in [0.2, 0.25) is 0 Å². The lowest BCUT2D eigenvalue weighted by Gasteiger charge is -2.31. The molecule has 1 aliphatic heterocycles. The van der Waals surface area contributed by atoms with E-state index in [4.69, 9.17) is 5.26 Å². The number of hydrogen-bond donors (Lipinski definition) is 1. The second-order valence-corrected chi connectivity index (χ2v) is 9.11. The molecular weight excluding hydrogens is 448 g/mol. The van der Waals surface area contributed by atoms with Crippen molar-refractivity contribution in [1.82, 2.24) is 9.88 Å². The van der Waals surface area contributed by atoms with E-state index < -0.39 is 6.04 Å². The van der Waals surface area contributed by atoms with E-state index in [-0.39, 0.29) is 11.8 Å². The number of unbranched alkanes of at least 4 members (excludes halogenated alkanes) is 2. The number of fused-ring (bicyclic) bond motifs is 2. The average molecular weight is 477 g/mol. The second kappa shape index (κ2) is 10.5. The molecule has 1 N–H and O–H groups in total. The number of anilines is 1. The van der Waals surface area contributed by atoms with E-state index in [9.17, 15) is 9.59 Å². The van der Waals surface area contributed by atoms with Gasteiger partial charge in [-0.15, -0.1) is 0 Å². The summed E-state index contributed by atoms with van der Waals surface area (Å²) in [6, 6.07) is 26.5. The Hall–Kier alpha value is -4.37. The number of benzene rings is 3. The Kier molecular flexibility index (Phi) is 6.81. The van der Waals surface area contributed by atoms with Gasteiger partial charge in [0.2, 0.25) is 5.91 Å². The van der Waals surface area contributed by atoms with Crippen LogP contribution in [-0.2, 0) is 17.8 Å². The first kappa shape index (κ1) is 23.4. The van der Waals surface area contributed by atoms with Crippen molar-refractivity contribution in [1.29, 1.82) is 5.26 Å². The van der Waals surface area contributed by atoms with Crippen molar-refractivity contribution in [3.05, 3.63) is 102 Å². The van der Waals surface area contributed by atoms with Gasteiger partial charge < -0.3 is 14.8 Å². The third-order valence-corrected chi connectivity index (χ3v) is 6.84. The molecule has 1 aromatic heterocycles. The van der Waals surface area contributed by atoms with Crippen LogP contribution in [0.25, 0.3) is 10.9 Å². The number of rotatable bonds is 7. The van der Waals surface area contributed by atoms with E-state index in [1.54, 1.807) is 17.0 Å². The first-order valence-electron chi connectivity index (χ1n) is 12.3. The maximum absolute atomic E-state index is 14.2. The van der Waals surface area contributed by atoms with Gasteiger partial charge in [-0.3, -0.25) is 9.59 Å². The largest absolute Gasteiger partial charge is 0.361 e. The zero-order valence-electron chi connectivity index (χ0n) is 20.1. The van der Waals surface area contributed by atoms with Gasteiger partial charge in [0.25, 0.3) is 5.91 Å². The van der Waals surface area contributed by atoms with Crippen LogP contribution in [0.15, 0.2) is 85.1 Å². The van der Waals surface area contributed by atoms with Crippen LogP contribution in [0.3, 0.4) is 0 Å². The third kappa shape index (κ3) is 4.60. The van der Waals surface area contributed by atoms with Crippen LogP contribution < -0.4 is 4.90 Å². The zero-order valence-corrected chi connectivity index (χ0v) is 20.1. The molecule has 0 spiro atoms. The highest BCUT2D eigenvalue weighted by Gasteiger charge is 2.38. The number of hydrogen-bond acceptors (Lipinski definition) is 3. The van der Waals surface area contributed by atoms with Gasteiger partial charge in [-0.2, -0.15) is 5.26 Å². The van der Waals surface area contributed by atoms with E-state index in [2.05, 4.69) is 11.1 Å². The Morgan fingerprint density at radius 1 is 0.972 bits per heavy atom. The maximum atomic E-state index is 14.2. The van der Waals surface area contributed by atoms with Crippen molar-refractivity contribution in [2.45, 2.75) is 38.3 Å². The van der Waals surface area contributed by atoms with Gasteiger partial charge in [0.05, 0.1) is 6.07 Å². The van der Waals surface area contributed by atoms with E-state index in [0.717, 1.165) is 40.6 Å². The van der Waals surface area contributed by atoms with E-state index in [1.165, 1.54) is 0 Å². The number of aromatic nitrogens is 1. The molecule has 6 heteroatoms. The molecule has 0 bridgehead atoms. The minimum atomic E-state index is -0.666. The molecule has 1 atom stereocenters. The molecule has 0 saturated carbocycles. The van der Waals surface area contributed by atoms with Crippen LogP contribution >= 0.6 is 0 Å². The quantitative estimate of drug-likeness (QED) is 0.360. The smallest absolute Gasteiger partial charge is 0.254 e. The highest BCUT2D eigenvalue weighted by atomic mass is 16.2. The fourth-order valence-electron chi connectivity index (χ4n) is 5.00. The molecule has 180 valence electrons. The molecule has 5 rings (SSSR count). The molecule has 2 heterocycles. The monoisotopic (exact) mass is 476 g/mol. The van der Waals surface area contributed by atoms with Crippen molar-refractivity contribution in [2.75, 3.05) is 11.4 Å². The first-order valence-corrected chi connectivity index (χ1v) is 12.3. The highest BCUT2D eigenvalue weighted by molar-refractivity contribution is 6.04. The fraction of sp³-hybridized carbons (Fsp3) is 0.233. The molecule has 1 aliphatic rings. The minimum Gasteiger partial charge on any atom is -0.361 e. The molecular formula is C30H28N4O2. The molecule has 1 unspecified atom stereocenters. The molecule has 0 saturated heterocycles. The average Bonchev–Trinajstić information content (AvgIpc) is 3.29. The summed E-state index contributed by atoms with van der Waals surface area (Å²) < 4.78 is 0. The molecule has 4 aromatic rings. The Morgan fingerprint density at radius 3 is 2.56 bits per heavy atom. The number of H-pyrrole nitrogens is 1. The number of amides is 2. The summed E-state index contributed by atoms with van der Waals surface area (Å²) in [7, 11) is 0. The fourth-order valence-corrected chi connectivity index (χ4v) is 5.00. The topological polar surface area (TPSA) is 80.2 Å². The molecule has 0 aliphatic carbocycles. The van der Waals surface area contributed by atoms with Crippen molar-refractivity contribution in [2.24, 2.45) is 0 Å². The normalized spacial score (nSPS) is 15.4. The summed E-state index contributed by atoms with van der Waals surface area (Å²) in [4.78, 5) is 34.9. The van der Waals surface area contributed by atoms with Gasteiger partial charge >= 0.3 is 0 Å². The van der Waals surface area contributed by atoms with Crippen LogP contribution in [0.1, 0.15) is 40.7 Å². The number of aromatic amines is 1. The summed E-state index contributed by atoms with van der Waals surface area (Å²) >= 11 is 0. The number of carbonyl (C=O) groups excluding carboxylic acids is 2. The molecule has 6 nitrogen and oxygen atoms in total. The van der Waals surface area contributed by atoms with Gasteiger partial charge in [0.15, 0.2) is 0 Å². The molecule has 0 fully saturated rings. The van der Waals surface area contributed by atoms with Gasteiger partial charge in [0.1, 0.15) is 6.04 Å². The van der Waals surface area contributed by atoms with Crippen molar-refractivity contribution >= 4 is 28.4 Å². The molecule has 0 radical (unpaired) electrons. The number of nitriles is 1. The standard InChI is InChI=1S/C30H28N4O2/c31-17-9-2-10-18-33-27-16-8-5-13-23(27)21-34(29(35)22-11-3-1-4-12-22)28(30(33)36)19-24-20-32-26-15-7-6-14-25(24)26/h1,3-8,11-16,20,28,32H,2,9-10,18-19,21H2. The van der Waals surface area contributed by atoms with E-state index in [1.807, 2.05) is 77.8 Å². The van der Waals surface area contributed by atoms with Crippen LogP contribution in [-0.4, -0.2) is 34.3 Å². The van der Waals surface area contributed by atoms with E-state index in [0.29, 0.717) is 31.5 Å². The molecule has 36 heavy (non-hydrogen) atoms. The lowest BCUT2D eigenvalue weighted by Crippen LogP contribution is -2.50. The van der Waals surface area contributed by atoms with Gasteiger partial charge in [-0.25, -0.2) is 0 Å². The van der Waals surface area contributed by atoms with Gasteiger partial charge in [-0.1, -0.05) is 54.6 Å². The Morgan fingerprint density at radius 2 is 1.72 bits per heavy atom. The molecule has 3 aromatic carbocycles. The van der Waals surface area contributed by atoms with Crippen LogP contribution in [0.4, 0.5) is 5.69 Å². The first-order chi connectivity index (χ1) is 17.7. The summed E-state index contributed by atoms with van der Waals surface area (Å²) in [5, 5.41) is 10.0. The van der Waals surface area contributed by atoms with Crippen molar-refractivity contribution < 1.29 is 9.59 Å². The highest BCUT2D eigenvalue weighted by Crippen LogP contribution is 2.32. The number of nitrogens with zero attached hydrogens (tertiary/aromatic N) is 3. The summed E-state index contributed by atoms with van der Waals surface area (Å²) in [5.41, 5.74) is 4.36. The minimum absolute atomic E-state index is 0.0912. The number of carbonyl (C=O) groups is 2. The van der Waals surface area contributed by atoms with Crippen LogP contribution in [0, 0.1) is 11.3 Å². The van der Waals surface area contributed by atoms with Gasteiger partial charge in [-0.05, 0) is 48.2 Å². The zero-order chi connectivity index (χ0) is 24.9. The Bertz CT molecular complexity index is 1420. The number of para-hydroxylation sites is 2. The predicted molar refractivity (Wildman–Crippen MR) is 140 cm³/mol. The predicted octanol–water partition coefficient (Wildman–Crippen LogP) is 5.46. The summed E-state index contributed by atoms with van der Waals surface area (Å²) in [6.45, 7) is 0.854. The summed E-state index contributed by atoms with van der Waals surface area (Å²) in [6.07, 6.45) is 4.26. The van der Waals surface area contributed by atoms with Crippen LogP contribution in [0.5, 0.6) is 0 Å². The number of nitrogens with one attached hydrogen (secondary N) is 1. The summed E-state index contributed by atoms with van der Waals surface area (Å²) in [5.74, 6) is -0.249. The van der Waals surface area contributed by atoms with Crippen molar-refractivity contribution in [3.8, 4) is 6.07 Å². The lowest BCUT2D eigenvalue weighted by molar-refractivity contribution is -0.123. The Balaban J connectivity index is 1.57. The maximum Gasteiger partial charge on any atom is 0.254 e. The molecule has 2 amide bonds. The lowest BCUT2D eigenvalue weighted by atomic mass is 10.0. The third-order valence-electron chi connectivity index (χ3n) is 6.84. The Labute approximate surface area is 210 Å². The van der Waals surface area contributed by atoms with Crippen molar-refractivity contribution in [3.63, 3.8) is 0 Å². The SMILES string of the molecule is N#CCCCCN1C(=O)C(Cc2c[nH]c3ccccc23)N(C(=O)c2ccccc2)Cc2ccccc21.